The second-order valence-electron chi connectivity index (χ2n) is 8.85. The van der Waals surface area contributed by atoms with E-state index in [2.05, 4.69) is 5.32 Å². The van der Waals surface area contributed by atoms with E-state index in [4.69, 9.17) is 0 Å². The van der Waals surface area contributed by atoms with Gasteiger partial charge < -0.3 is 15.1 Å². The molecule has 3 aliphatic heterocycles. The first kappa shape index (κ1) is 20.7. The van der Waals surface area contributed by atoms with E-state index >= 15 is 0 Å². The van der Waals surface area contributed by atoms with Crippen LogP contribution in [0.5, 0.6) is 0 Å². The molecule has 0 aliphatic carbocycles. The number of hydrogen-bond donors (Lipinski definition) is 1. The summed E-state index contributed by atoms with van der Waals surface area (Å²) >= 11 is 0. The van der Waals surface area contributed by atoms with Gasteiger partial charge in [-0.15, -0.1) is 0 Å². The lowest BCUT2D eigenvalue weighted by atomic mass is 9.72. The number of halogens is 1. The minimum Gasteiger partial charge on any atom is -0.342 e. The van der Waals surface area contributed by atoms with Gasteiger partial charge in [-0.1, -0.05) is 30.3 Å². The first-order chi connectivity index (χ1) is 15.5. The van der Waals surface area contributed by atoms with Crippen LogP contribution in [-0.2, 0) is 19.8 Å². The van der Waals surface area contributed by atoms with Crippen molar-refractivity contribution < 1.29 is 18.8 Å². The van der Waals surface area contributed by atoms with Gasteiger partial charge in [0.15, 0.2) is 0 Å². The van der Waals surface area contributed by atoms with Gasteiger partial charge in [0, 0.05) is 38.2 Å². The molecule has 3 aliphatic rings. The molecule has 5 rings (SSSR count). The van der Waals surface area contributed by atoms with E-state index in [9.17, 15) is 18.8 Å². The summed E-state index contributed by atoms with van der Waals surface area (Å²) in [5.74, 6) is -0.485. The van der Waals surface area contributed by atoms with Crippen LogP contribution in [0.3, 0.4) is 0 Å². The number of benzene rings is 2. The normalized spacial score (nSPS) is 24.7. The Balaban J connectivity index is 1.48. The topological polar surface area (TPSA) is 69.7 Å². The van der Waals surface area contributed by atoms with Gasteiger partial charge in [-0.25, -0.2) is 4.39 Å². The molecule has 0 aromatic heterocycles. The molecule has 0 bridgehead atoms. The molecule has 0 saturated carbocycles. The summed E-state index contributed by atoms with van der Waals surface area (Å²) in [5.41, 5.74) is 1.46. The SMILES string of the molecule is O=C1CCCCN1CCC(=O)N1CC[C@]2(C(=O)Nc3ccccc32)[C@@H]1c1ccc(F)cc1. The van der Waals surface area contributed by atoms with Gasteiger partial charge >= 0.3 is 0 Å². The van der Waals surface area contributed by atoms with E-state index in [-0.39, 0.29) is 30.0 Å². The number of hydrogen-bond acceptors (Lipinski definition) is 3. The number of carbonyl (C=O) groups excluding carboxylic acids is 3. The number of nitrogens with one attached hydrogen (secondary N) is 1. The summed E-state index contributed by atoms with van der Waals surface area (Å²) in [6.07, 6.45) is 3.10. The summed E-state index contributed by atoms with van der Waals surface area (Å²) in [7, 11) is 0. The number of para-hydroxylation sites is 1. The molecular formula is C25H26FN3O3. The van der Waals surface area contributed by atoms with E-state index in [1.165, 1.54) is 12.1 Å². The predicted octanol–water partition coefficient (Wildman–Crippen LogP) is 3.39. The van der Waals surface area contributed by atoms with Crippen molar-refractivity contribution in [3.63, 3.8) is 0 Å². The fourth-order valence-corrected chi connectivity index (χ4v) is 5.54. The molecule has 1 N–H and O–H groups in total. The van der Waals surface area contributed by atoms with Crippen LogP contribution in [-0.4, -0.2) is 47.2 Å². The lowest BCUT2D eigenvalue weighted by Crippen LogP contribution is -2.44. The van der Waals surface area contributed by atoms with E-state index < -0.39 is 11.5 Å². The molecule has 3 amide bonds. The molecule has 2 aromatic rings. The quantitative estimate of drug-likeness (QED) is 0.800. The van der Waals surface area contributed by atoms with E-state index in [0.717, 1.165) is 29.7 Å². The van der Waals surface area contributed by atoms with Gasteiger partial charge in [0.2, 0.25) is 17.7 Å². The van der Waals surface area contributed by atoms with Gasteiger partial charge in [0.25, 0.3) is 0 Å². The van der Waals surface area contributed by atoms with Crippen LogP contribution in [0.2, 0.25) is 0 Å². The van der Waals surface area contributed by atoms with Crippen molar-refractivity contribution in [2.45, 2.75) is 43.6 Å². The average Bonchev–Trinajstić information content (AvgIpc) is 3.33. The summed E-state index contributed by atoms with van der Waals surface area (Å²) in [5, 5.41) is 2.99. The van der Waals surface area contributed by atoms with Gasteiger partial charge in [-0.05, 0) is 48.6 Å². The maximum atomic E-state index is 13.7. The van der Waals surface area contributed by atoms with Crippen LogP contribution in [0.4, 0.5) is 10.1 Å². The van der Waals surface area contributed by atoms with Crippen LogP contribution in [0.15, 0.2) is 48.5 Å². The molecule has 1 spiro atoms. The molecule has 2 saturated heterocycles. The zero-order valence-corrected chi connectivity index (χ0v) is 17.9. The highest BCUT2D eigenvalue weighted by molar-refractivity contribution is 6.07. The van der Waals surface area contributed by atoms with Gasteiger partial charge in [-0.2, -0.15) is 0 Å². The number of rotatable bonds is 4. The molecule has 7 heteroatoms. The van der Waals surface area contributed by atoms with Gasteiger partial charge in [0.1, 0.15) is 11.2 Å². The number of amides is 3. The van der Waals surface area contributed by atoms with Crippen LogP contribution in [0.25, 0.3) is 0 Å². The Hall–Kier alpha value is -3.22. The van der Waals surface area contributed by atoms with Crippen molar-refractivity contribution in [1.29, 1.82) is 0 Å². The van der Waals surface area contributed by atoms with Crippen molar-refractivity contribution >= 4 is 23.4 Å². The van der Waals surface area contributed by atoms with Crippen LogP contribution in [0, 0.1) is 5.82 Å². The fraction of sp³-hybridized carbons (Fsp3) is 0.400. The first-order valence-electron chi connectivity index (χ1n) is 11.2. The fourth-order valence-electron chi connectivity index (χ4n) is 5.54. The summed E-state index contributed by atoms with van der Waals surface area (Å²) < 4.78 is 13.7. The molecule has 0 unspecified atom stereocenters. The number of fused-ring (bicyclic) bond motifs is 2. The number of likely N-dealkylation sites (tertiary alicyclic amines) is 2. The maximum Gasteiger partial charge on any atom is 0.237 e. The van der Waals surface area contributed by atoms with Gasteiger partial charge in [0.05, 0.1) is 6.04 Å². The average molecular weight is 435 g/mol. The Morgan fingerprint density at radius 1 is 1.06 bits per heavy atom. The van der Waals surface area contributed by atoms with E-state index in [0.29, 0.717) is 32.5 Å². The second kappa shape index (κ2) is 8.04. The Morgan fingerprint density at radius 2 is 1.84 bits per heavy atom. The Bertz CT molecular complexity index is 1070. The summed E-state index contributed by atoms with van der Waals surface area (Å²) in [4.78, 5) is 42.4. The van der Waals surface area contributed by atoms with Crippen molar-refractivity contribution in [2.75, 3.05) is 25.0 Å². The highest BCUT2D eigenvalue weighted by Crippen LogP contribution is 2.54. The zero-order valence-electron chi connectivity index (χ0n) is 17.9. The Labute approximate surface area is 186 Å². The smallest absolute Gasteiger partial charge is 0.237 e. The molecule has 2 fully saturated rings. The molecule has 0 radical (unpaired) electrons. The lowest BCUT2D eigenvalue weighted by molar-refractivity contribution is -0.136. The molecule has 166 valence electrons. The van der Waals surface area contributed by atoms with Crippen molar-refractivity contribution in [3.8, 4) is 0 Å². The zero-order chi connectivity index (χ0) is 22.3. The number of piperidine rings is 1. The van der Waals surface area contributed by atoms with Gasteiger partial charge in [-0.3, -0.25) is 14.4 Å². The monoisotopic (exact) mass is 435 g/mol. The highest BCUT2D eigenvalue weighted by atomic mass is 19.1. The first-order valence-corrected chi connectivity index (χ1v) is 11.2. The molecule has 2 aromatic carbocycles. The molecule has 6 nitrogen and oxygen atoms in total. The third-order valence-electron chi connectivity index (χ3n) is 7.11. The standard InChI is InChI=1S/C25H26FN3O3/c26-18-10-8-17(9-11-18)23-25(19-5-1-2-6-20(19)27-24(25)32)13-16-29(23)22(31)12-15-28-14-4-3-7-21(28)30/h1-2,5-6,8-11,23H,3-4,7,12-16H2,(H,27,32)/t23-,25+/m0/s1. The molecule has 2 atom stereocenters. The lowest BCUT2D eigenvalue weighted by Gasteiger charge is -2.35. The summed E-state index contributed by atoms with van der Waals surface area (Å²) in [6, 6.07) is 13.1. The number of nitrogens with zero attached hydrogens (tertiary/aromatic N) is 2. The summed E-state index contributed by atoms with van der Waals surface area (Å²) in [6.45, 7) is 1.50. The van der Waals surface area contributed by atoms with E-state index in [1.54, 1.807) is 21.9 Å². The van der Waals surface area contributed by atoms with Crippen molar-refractivity contribution in [2.24, 2.45) is 0 Å². The third kappa shape index (κ3) is 3.27. The van der Waals surface area contributed by atoms with Crippen LogP contribution in [0.1, 0.15) is 49.3 Å². The number of carbonyl (C=O) groups is 3. The largest absolute Gasteiger partial charge is 0.342 e. The van der Waals surface area contributed by atoms with Crippen molar-refractivity contribution in [1.82, 2.24) is 9.80 Å². The maximum absolute atomic E-state index is 13.7. The van der Waals surface area contributed by atoms with Crippen LogP contribution >= 0.6 is 0 Å². The predicted molar refractivity (Wildman–Crippen MR) is 117 cm³/mol. The van der Waals surface area contributed by atoms with Crippen molar-refractivity contribution in [3.05, 3.63) is 65.5 Å². The molecule has 32 heavy (non-hydrogen) atoms. The second-order valence-corrected chi connectivity index (χ2v) is 8.85. The van der Waals surface area contributed by atoms with E-state index in [1.807, 2.05) is 24.3 Å². The third-order valence-corrected chi connectivity index (χ3v) is 7.11. The van der Waals surface area contributed by atoms with Crippen LogP contribution < -0.4 is 5.32 Å². The Kier molecular flexibility index (Phi) is 5.19. The Morgan fingerprint density at radius 3 is 2.62 bits per heavy atom. The highest BCUT2D eigenvalue weighted by Gasteiger charge is 2.59. The minimum atomic E-state index is -0.912. The molecular weight excluding hydrogens is 409 g/mol. The number of anilines is 1. The molecule has 3 heterocycles. The minimum absolute atomic E-state index is 0.0910.